The molecule has 8 heteroatoms. The zero-order valence-electron chi connectivity index (χ0n) is 9.81. The Morgan fingerprint density at radius 1 is 1.28 bits per heavy atom. The second kappa shape index (κ2) is 5.34. The number of rotatable bonds is 5. The molecule has 1 aliphatic heterocycles. The molecule has 1 rings (SSSR count). The summed E-state index contributed by atoms with van der Waals surface area (Å²) in [4.78, 5) is 23.6. The summed E-state index contributed by atoms with van der Waals surface area (Å²) in [5, 5.41) is 1.70. The van der Waals surface area contributed by atoms with E-state index in [1.165, 1.54) is 0 Å². The zero-order chi connectivity index (χ0) is 14.0. The van der Waals surface area contributed by atoms with Crippen molar-refractivity contribution in [3.05, 3.63) is 0 Å². The SMILES string of the molecule is CC1(C(F)(F)F)NC(=O)N(CCCCCCl)C1=O. The van der Waals surface area contributed by atoms with Crippen LogP contribution in [0.15, 0.2) is 0 Å². The fourth-order valence-electron chi connectivity index (χ4n) is 1.63. The lowest BCUT2D eigenvalue weighted by molar-refractivity contribution is -0.191. The quantitative estimate of drug-likeness (QED) is 0.479. The van der Waals surface area contributed by atoms with Crippen molar-refractivity contribution in [2.24, 2.45) is 0 Å². The Hall–Kier alpha value is -0.980. The summed E-state index contributed by atoms with van der Waals surface area (Å²) in [5.41, 5.74) is -2.81. The first-order valence-electron chi connectivity index (χ1n) is 5.51. The van der Waals surface area contributed by atoms with Gasteiger partial charge in [-0.05, 0) is 19.8 Å². The van der Waals surface area contributed by atoms with Crippen LogP contribution in [-0.4, -0.2) is 41.0 Å². The molecule has 1 aliphatic rings. The third-order valence-corrected chi connectivity index (χ3v) is 3.12. The third-order valence-electron chi connectivity index (χ3n) is 2.86. The van der Waals surface area contributed by atoms with E-state index in [9.17, 15) is 22.8 Å². The number of urea groups is 1. The molecular formula is C10H14ClF3N2O2. The van der Waals surface area contributed by atoms with Crippen molar-refractivity contribution < 1.29 is 22.8 Å². The van der Waals surface area contributed by atoms with Crippen LogP contribution in [0.5, 0.6) is 0 Å². The molecule has 0 bridgehead atoms. The van der Waals surface area contributed by atoms with Crippen molar-refractivity contribution >= 4 is 23.5 Å². The number of alkyl halides is 4. The van der Waals surface area contributed by atoms with Crippen molar-refractivity contribution in [1.29, 1.82) is 0 Å². The van der Waals surface area contributed by atoms with E-state index in [0.717, 1.165) is 0 Å². The lowest BCUT2D eigenvalue weighted by atomic mass is 10.0. The van der Waals surface area contributed by atoms with E-state index < -0.39 is 23.7 Å². The zero-order valence-corrected chi connectivity index (χ0v) is 10.6. The molecule has 1 saturated heterocycles. The molecule has 1 unspecified atom stereocenters. The molecule has 0 spiro atoms. The molecule has 0 aromatic rings. The number of carbonyl (C=O) groups excluding carboxylic acids is 2. The minimum absolute atomic E-state index is 0.0206. The minimum Gasteiger partial charge on any atom is -0.316 e. The van der Waals surface area contributed by atoms with Crippen molar-refractivity contribution in [3.8, 4) is 0 Å². The molecule has 0 aromatic heterocycles. The second-order valence-electron chi connectivity index (χ2n) is 4.26. The summed E-state index contributed by atoms with van der Waals surface area (Å²) < 4.78 is 38.1. The molecule has 1 N–H and O–H groups in total. The van der Waals surface area contributed by atoms with Crippen LogP contribution >= 0.6 is 11.6 Å². The number of nitrogens with one attached hydrogen (secondary N) is 1. The van der Waals surface area contributed by atoms with Crippen LogP contribution in [0.1, 0.15) is 26.2 Å². The number of hydrogen-bond acceptors (Lipinski definition) is 2. The molecular weight excluding hydrogens is 273 g/mol. The number of unbranched alkanes of at least 4 members (excludes halogenated alkanes) is 2. The maximum Gasteiger partial charge on any atom is 0.420 e. The minimum atomic E-state index is -4.80. The first kappa shape index (κ1) is 15.1. The predicted molar refractivity (Wildman–Crippen MR) is 59.3 cm³/mol. The number of imide groups is 1. The molecule has 0 aromatic carbocycles. The lowest BCUT2D eigenvalue weighted by Gasteiger charge is -2.24. The van der Waals surface area contributed by atoms with E-state index >= 15 is 0 Å². The van der Waals surface area contributed by atoms with Crippen LogP contribution < -0.4 is 5.32 Å². The number of nitrogens with zero attached hydrogens (tertiary/aromatic N) is 1. The van der Waals surface area contributed by atoms with Gasteiger partial charge in [-0.15, -0.1) is 11.6 Å². The topological polar surface area (TPSA) is 49.4 Å². The van der Waals surface area contributed by atoms with Gasteiger partial charge in [0, 0.05) is 12.4 Å². The van der Waals surface area contributed by atoms with Gasteiger partial charge in [0.15, 0.2) is 0 Å². The van der Waals surface area contributed by atoms with Gasteiger partial charge in [-0.3, -0.25) is 9.69 Å². The van der Waals surface area contributed by atoms with Gasteiger partial charge in [-0.25, -0.2) is 4.79 Å². The molecule has 1 fully saturated rings. The van der Waals surface area contributed by atoms with E-state index in [-0.39, 0.29) is 6.54 Å². The van der Waals surface area contributed by atoms with Crippen LogP contribution in [0.25, 0.3) is 0 Å². The molecule has 0 aliphatic carbocycles. The van der Waals surface area contributed by atoms with Gasteiger partial charge < -0.3 is 5.32 Å². The van der Waals surface area contributed by atoms with Crippen molar-refractivity contribution in [2.75, 3.05) is 12.4 Å². The Bertz CT molecular complexity index is 349. The Kier molecular flexibility index (Phi) is 4.47. The van der Waals surface area contributed by atoms with Crippen molar-refractivity contribution in [2.45, 2.75) is 37.9 Å². The monoisotopic (exact) mass is 286 g/mol. The Morgan fingerprint density at radius 2 is 1.89 bits per heavy atom. The molecule has 1 atom stereocenters. The van der Waals surface area contributed by atoms with Crippen LogP contribution in [0, 0.1) is 0 Å². The fourth-order valence-corrected chi connectivity index (χ4v) is 1.82. The standard InChI is InChI=1S/C10H14ClF3N2O2/c1-9(10(12,13)14)7(17)16(8(18)15-9)6-4-2-3-5-11/h2-6H2,1H3,(H,15,18). The number of amides is 3. The van der Waals surface area contributed by atoms with E-state index in [1.807, 2.05) is 0 Å². The maximum atomic E-state index is 12.7. The van der Waals surface area contributed by atoms with Gasteiger partial charge in [-0.1, -0.05) is 6.42 Å². The maximum absolute atomic E-state index is 12.7. The largest absolute Gasteiger partial charge is 0.420 e. The molecule has 1 heterocycles. The van der Waals surface area contributed by atoms with E-state index in [4.69, 9.17) is 11.6 Å². The van der Waals surface area contributed by atoms with Crippen molar-refractivity contribution in [1.82, 2.24) is 10.2 Å². The fraction of sp³-hybridized carbons (Fsp3) is 0.800. The van der Waals surface area contributed by atoms with Gasteiger partial charge in [0.1, 0.15) is 0 Å². The summed E-state index contributed by atoms with van der Waals surface area (Å²) >= 11 is 5.45. The predicted octanol–water partition coefficient (Wildman–Crippen LogP) is 2.27. The average Bonchev–Trinajstić information content (AvgIpc) is 2.47. The van der Waals surface area contributed by atoms with Crippen LogP contribution in [0.4, 0.5) is 18.0 Å². The molecule has 4 nitrogen and oxygen atoms in total. The normalized spacial score (nSPS) is 24.6. The van der Waals surface area contributed by atoms with Crippen molar-refractivity contribution in [3.63, 3.8) is 0 Å². The number of carbonyl (C=O) groups is 2. The summed E-state index contributed by atoms with van der Waals surface area (Å²) in [6.45, 7) is 0.652. The van der Waals surface area contributed by atoms with E-state index in [0.29, 0.717) is 37.0 Å². The van der Waals surface area contributed by atoms with Crippen LogP contribution in [0.2, 0.25) is 0 Å². The average molecular weight is 287 g/mol. The molecule has 0 saturated carbocycles. The highest BCUT2D eigenvalue weighted by Gasteiger charge is 2.64. The van der Waals surface area contributed by atoms with Gasteiger partial charge in [-0.2, -0.15) is 13.2 Å². The highest BCUT2D eigenvalue weighted by atomic mass is 35.5. The molecule has 3 amide bonds. The van der Waals surface area contributed by atoms with E-state index in [2.05, 4.69) is 0 Å². The van der Waals surface area contributed by atoms with Gasteiger partial charge in [0.05, 0.1) is 0 Å². The highest BCUT2D eigenvalue weighted by Crippen LogP contribution is 2.35. The first-order chi connectivity index (χ1) is 8.24. The Morgan fingerprint density at radius 3 is 2.33 bits per heavy atom. The number of hydrogen-bond donors (Lipinski definition) is 1. The van der Waals surface area contributed by atoms with Crippen LogP contribution in [0.3, 0.4) is 0 Å². The second-order valence-corrected chi connectivity index (χ2v) is 4.64. The van der Waals surface area contributed by atoms with Gasteiger partial charge in [0.2, 0.25) is 5.54 Å². The first-order valence-corrected chi connectivity index (χ1v) is 6.04. The van der Waals surface area contributed by atoms with Gasteiger partial charge >= 0.3 is 12.2 Å². The third kappa shape index (κ3) is 2.71. The highest BCUT2D eigenvalue weighted by molar-refractivity contribution is 6.17. The number of halogens is 4. The summed E-state index contributed by atoms with van der Waals surface area (Å²) in [6, 6.07) is -0.995. The molecule has 104 valence electrons. The Labute approximate surface area is 107 Å². The van der Waals surface area contributed by atoms with Gasteiger partial charge in [0.25, 0.3) is 5.91 Å². The van der Waals surface area contributed by atoms with Crippen LogP contribution in [-0.2, 0) is 4.79 Å². The molecule has 18 heavy (non-hydrogen) atoms. The smallest absolute Gasteiger partial charge is 0.316 e. The lowest BCUT2D eigenvalue weighted by Crippen LogP contribution is -2.56. The molecule has 0 radical (unpaired) electrons. The summed E-state index contributed by atoms with van der Waals surface area (Å²) in [6.07, 6.45) is -3.00. The summed E-state index contributed by atoms with van der Waals surface area (Å²) in [7, 11) is 0. The Balaban J connectivity index is 2.68. The summed E-state index contributed by atoms with van der Waals surface area (Å²) in [5.74, 6) is -0.800. The van der Waals surface area contributed by atoms with E-state index in [1.54, 1.807) is 5.32 Å².